The van der Waals surface area contributed by atoms with Crippen molar-refractivity contribution in [3.63, 3.8) is 0 Å². The molecule has 150 valence electrons. The summed E-state index contributed by atoms with van der Waals surface area (Å²) in [5.41, 5.74) is 6.36. The van der Waals surface area contributed by atoms with Gasteiger partial charge in [-0.15, -0.1) is 5.10 Å². The number of Topliss-reactive ketones (excluding diaryl/α,β-unsaturated/α-hetero) is 1. The Bertz CT molecular complexity index is 1280. The van der Waals surface area contributed by atoms with E-state index in [1.165, 1.54) is 11.4 Å². The molecule has 0 radical (unpaired) electrons. The van der Waals surface area contributed by atoms with Gasteiger partial charge >= 0.3 is 0 Å². The maximum Gasteiger partial charge on any atom is 0.291 e. The first kappa shape index (κ1) is 19.4. The Hall–Kier alpha value is -3.87. The first-order valence-electron chi connectivity index (χ1n) is 9.59. The molecule has 3 aromatic heterocycles. The van der Waals surface area contributed by atoms with E-state index < -0.39 is 0 Å². The first-order valence-corrected chi connectivity index (χ1v) is 9.59. The first-order chi connectivity index (χ1) is 14.4. The lowest BCUT2D eigenvalue weighted by atomic mass is 9.98. The summed E-state index contributed by atoms with van der Waals surface area (Å²) in [6.07, 6.45) is 3.38. The molecule has 4 aromatic rings. The molecule has 0 atom stereocenters. The largest absolute Gasteiger partial charge is 0.345 e. The highest BCUT2D eigenvalue weighted by Crippen LogP contribution is 2.24. The molecule has 0 fully saturated rings. The summed E-state index contributed by atoms with van der Waals surface area (Å²) in [5, 5.41) is 7.04. The monoisotopic (exact) mass is 399 g/mol. The second kappa shape index (κ2) is 7.87. The zero-order valence-corrected chi connectivity index (χ0v) is 17.0. The van der Waals surface area contributed by atoms with Crippen molar-refractivity contribution in [3.8, 4) is 11.1 Å². The van der Waals surface area contributed by atoms with E-state index in [-0.39, 0.29) is 17.5 Å². The van der Waals surface area contributed by atoms with Gasteiger partial charge in [0.2, 0.25) is 5.82 Å². The van der Waals surface area contributed by atoms with Crippen LogP contribution in [0.4, 0.5) is 0 Å². The van der Waals surface area contributed by atoms with Gasteiger partial charge in [-0.3, -0.25) is 14.6 Å². The van der Waals surface area contributed by atoms with Gasteiger partial charge in [-0.2, -0.15) is 0 Å². The number of pyridine rings is 2. The number of fused-ring (bicyclic) bond motifs is 1. The Balaban J connectivity index is 1.48. The summed E-state index contributed by atoms with van der Waals surface area (Å²) >= 11 is 0. The Morgan fingerprint density at radius 3 is 2.63 bits per heavy atom. The number of carbonyl (C=O) groups excluding carboxylic acids is 2. The molecule has 0 bridgehead atoms. The summed E-state index contributed by atoms with van der Waals surface area (Å²) in [4.78, 5) is 32.5. The van der Waals surface area contributed by atoms with Crippen molar-refractivity contribution in [2.45, 2.75) is 27.3 Å². The molecule has 0 saturated heterocycles. The molecule has 0 aliphatic carbocycles. The van der Waals surface area contributed by atoms with Crippen LogP contribution in [0.5, 0.6) is 0 Å². The van der Waals surface area contributed by atoms with Gasteiger partial charge in [-0.05, 0) is 67.3 Å². The lowest BCUT2D eigenvalue weighted by Crippen LogP contribution is -2.24. The standard InChI is InChI=1S/C23H21N5O2/c1-14-10-17(4-6-20(14)18-8-9-24-15(2)11-18)12-25-23(30)22-26-21-7-5-19(16(3)29)13-28(21)27-22/h4-11,13H,12H2,1-3H3,(H,25,30). The van der Waals surface area contributed by atoms with Crippen LogP contribution in [-0.2, 0) is 6.54 Å². The van der Waals surface area contributed by atoms with Gasteiger partial charge in [0, 0.05) is 30.2 Å². The molecule has 1 N–H and O–H groups in total. The number of amides is 1. The van der Waals surface area contributed by atoms with Crippen LogP contribution in [0.25, 0.3) is 16.8 Å². The highest BCUT2D eigenvalue weighted by atomic mass is 16.2. The molecular weight excluding hydrogens is 378 g/mol. The smallest absolute Gasteiger partial charge is 0.291 e. The fourth-order valence-corrected chi connectivity index (χ4v) is 3.32. The Kier molecular flexibility index (Phi) is 5.10. The van der Waals surface area contributed by atoms with Crippen molar-refractivity contribution >= 4 is 17.3 Å². The van der Waals surface area contributed by atoms with E-state index in [0.29, 0.717) is 17.8 Å². The normalized spacial score (nSPS) is 10.9. The van der Waals surface area contributed by atoms with Crippen molar-refractivity contribution < 1.29 is 9.59 Å². The number of aryl methyl sites for hydroxylation is 2. The lowest BCUT2D eigenvalue weighted by molar-refractivity contribution is 0.0940. The van der Waals surface area contributed by atoms with E-state index in [2.05, 4.69) is 38.6 Å². The molecule has 7 heteroatoms. The zero-order chi connectivity index (χ0) is 21.3. The Morgan fingerprint density at radius 2 is 1.90 bits per heavy atom. The Labute approximate surface area is 173 Å². The molecule has 7 nitrogen and oxygen atoms in total. The predicted molar refractivity (Wildman–Crippen MR) is 113 cm³/mol. The average Bonchev–Trinajstić information content (AvgIpc) is 3.15. The predicted octanol–water partition coefficient (Wildman–Crippen LogP) is 3.54. The maximum absolute atomic E-state index is 12.5. The number of hydrogen-bond donors (Lipinski definition) is 1. The minimum absolute atomic E-state index is 0.0660. The minimum atomic E-state index is -0.366. The molecule has 1 aromatic carbocycles. The summed E-state index contributed by atoms with van der Waals surface area (Å²) < 4.78 is 1.45. The van der Waals surface area contributed by atoms with Gasteiger partial charge < -0.3 is 5.32 Å². The van der Waals surface area contributed by atoms with Crippen molar-refractivity contribution in [2.75, 3.05) is 0 Å². The minimum Gasteiger partial charge on any atom is -0.345 e. The summed E-state index contributed by atoms with van der Waals surface area (Å²) in [7, 11) is 0. The lowest BCUT2D eigenvalue weighted by Gasteiger charge is -2.10. The summed E-state index contributed by atoms with van der Waals surface area (Å²) in [6.45, 7) is 5.86. The van der Waals surface area contributed by atoms with E-state index in [1.807, 2.05) is 26.0 Å². The SMILES string of the molecule is CC(=O)c1ccc2nc(C(=O)NCc3ccc(-c4ccnc(C)c4)c(C)c3)nn2c1. The number of aromatic nitrogens is 4. The van der Waals surface area contributed by atoms with Gasteiger partial charge in [-0.25, -0.2) is 9.50 Å². The average molecular weight is 399 g/mol. The third-order valence-electron chi connectivity index (χ3n) is 4.89. The second-order valence-electron chi connectivity index (χ2n) is 7.23. The van der Waals surface area contributed by atoms with E-state index in [1.54, 1.807) is 24.5 Å². The van der Waals surface area contributed by atoms with Gasteiger partial charge in [-0.1, -0.05) is 18.2 Å². The topological polar surface area (TPSA) is 89.2 Å². The second-order valence-corrected chi connectivity index (χ2v) is 7.23. The molecule has 30 heavy (non-hydrogen) atoms. The quantitative estimate of drug-likeness (QED) is 0.519. The van der Waals surface area contributed by atoms with Crippen molar-refractivity contribution in [2.24, 2.45) is 0 Å². The van der Waals surface area contributed by atoms with Crippen molar-refractivity contribution in [3.05, 3.63) is 83.1 Å². The summed E-state index contributed by atoms with van der Waals surface area (Å²) in [6, 6.07) is 13.5. The maximum atomic E-state index is 12.5. The van der Waals surface area contributed by atoms with E-state index >= 15 is 0 Å². The van der Waals surface area contributed by atoms with Gasteiger partial charge in [0.25, 0.3) is 5.91 Å². The highest BCUT2D eigenvalue weighted by Gasteiger charge is 2.14. The molecule has 3 heterocycles. The molecule has 0 aliphatic rings. The molecule has 0 aliphatic heterocycles. The van der Waals surface area contributed by atoms with Crippen LogP contribution in [0.15, 0.2) is 54.9 Å². The van der Waals surface area contributed by atoms with Gasteiger partial charge in [0.05, 0.1) is 0 Å². The number of rotatable bonds is 5. The van der Waals surface area contributed by atoms with E-state index in [9.17, 15) is 9.59 Å². The van der Waals surface area contributed by atoms with Crippen LogP contribution in [0.2, 0.25) is 0 Å². The van der Waals surface area contributed by atoms with Gasteiger partial charge in [0.1, 0.15) is 0 Å². The third kappa shape index (κ3) is 3.96. The number of hydrogen-bond acceptors (Lipinski definition) is 5. The molecule has 0 saturated carbocycles. The molecule has 0 unspecified atom stereocenters. The van der Waals surface area contributed by atoms with Crippen LogP contribution in [0.1, 0.15) is 44.7 Å². The van der Waals surface area contributed by atoms with Crippen molar-refractivity contribution in [1.82, 2.24) is 24.9 Å². The van der Waals surface area contributed by atoms with E-state index in [4.69, 9.17) is 0 Å². The number of nitrogens with one attached hydrogen (secondary N) is 1. The van der Waals surface area contributed by atoms with Crippen LogP contribution in [-0.4, -0.2) is 31.3 Å². The molecular formula is C23H21N5O2. The van der Waals surface area contributed by atoms with Crippen LogP contribution >= 0.6 is 0 Å². The number of ketones is 1. The van der Waals surface area contributed by atoms with Crippen molar-refractivity contribution in [1.29, 1.82) is 0 Å². The molecule has 4 rings (SSSR count). The van der Waals surface area contributed by atoms with Crippen LogP contribution in [0.3, 0.4) is 0 Å². The third-order valence-corrected chi connectivity index (χ3v) is 4.89. The van der Waals surface area contributed by atoms with Gasteiger partial charge in [0.15, 0.2) is 11.4 Å². The van der Waals surface area contributed by atoms with E-state index in [0.717, 1.165) is 27.9 Å². The molecule has 1 amide bonds. The molecule has 0 spiro atoms. The Morgan fingerprint density at radius 1 is 1.07 bits per heavy atom. The van der Waals surface area contributed by atoms with Crippen LogP contribution < -0.4 is 5.32 Å². The summed E-state index contributed by atoms with van der Waals surface area (Å²) in [5.74, 6) is -0.370. The fourth-order valence-electron chi connectivity index (χ4n) is 3.32. The number of benzene rings is 1. The zero-order valence-electron chi connectivity index (χ0n) is 17.0. The highest BCUT2D eigenvalue weighted by molar-refractivity contribution is 5.94. The fraction of sp³-hybridized carbons (Fsp3) is 0.174. The van der Waals surface area contributed by atoms with Crippen LogP contribution in [0, 0.1) is 13.8 Å². The number of carbonyl (C=O) groups is 2. The number of nitrogens with zero attached hydrogens (tertiary/aromatic N) is 4.